The number of rotatable bonds is 9. The first-order valence-corrected chi connectivity index (χ1v) is 7.68. The normalized spacial score (nSPS) is 12.7. The molecule has 0 aromatic heterocycles. The summed E-state index contributed by atoms with van der Waals surface area (Å²) in [5.41, 5.74) is 1.14. The molecule has 0 spiro atoms. The highest BCUT2D eigenvalue weighted by Gasteiger charge is 2.10. The van der Waals surface area contributed by atoms with Crippen LogP contribution in [0.4, 0.5) is 0 Å². The zero-order chi connectivity index (χ0) is 14.1. The molecule has 0 aliphatic carbocycles. The van der Waals surface area contributed by atoms with Crippen molar-refractivity contribution in [3.8, 4) is 5.75 Å². The smallest absolute Gasteiger partial charge is 0.118 e. The summed E-state index contributed by atoms with van der Waals surface area (Å²) in [6.45, 7) is 6.30. The summed E-state index contributed by atoms with van der Waals surface area (Å²) in [6, 6.07) is 7.95. The fraction of sp³-hybridized carbons (Fsp3) is 0.600. The first-order valence-electron chi connectivity index (χ1n) is 6.56. The Morgan fingerprint density at radius 1 is 1.11 bits per heavy atom. The first-order chi connectivity index (χ1) is 9.17. The van der Waals surface area contributed by atoms with Crippen LogP contribution in [-0.2, 0) is 9.47 Å². The summed E-state index contributed by atoms with van der Waals surface area (Å²) in [4.78, 5) is 0. The molecule has 0 fully saturated rings. The SMILES string of the molecule is COc1ccc(C(CBr)OCCOCC(C)C)cc1. The third-order valence-electron chi connectivity index (χ3n) is 2.63. The van der Waals surface area contributed by atoms with Gasteiger partial charge in [0.05, 0.1) is 26.4 Å². The van der Waals surface area contributed by atoms with Gasteiger partial charge in [-0.1, -0.05) is 41.9 Å². The lowest BCUT2D eigenvalue weighted by Crippen LogP contribution is -2.12. The van der Waals surface area contributed by atoms with E-state index >= 15 is 0 Å². The van der Waals surface area contributed by atoms with Crippen molar-refractivity contribution in [2.75, 3.05) is 32.3 Å². The van der Waals surface area contributed by atoms with E-state index in [2.05, 4.69) is 29.8 Å². The molecule has 0 bridgehead atoms. The number of hydrogen-bond donors (Lipinski definition) is 0. The zero-order valence-electron chi connectivity index (χ0n) is 11.9. The van der Waals surface area contributed by atoms with Gasteiger partial charge in [0.2, 0.25) is 0 Å². The van der Waals surface area contributed by atoms with Crippen molar-refractivity contribution in [1.29, 1.82) is 0 Å². The van der Waals surface area contributed by atoms with Crippen LogP contribution in [0.5, 0.6) is 5.75 Å². The van der Waals surface area contributed by atoms with Crippen LogP contribution in [0.2, 0.25) is 0 Å². The van der Waals surface area contributed by atoms with Gasteiger partial charge < -0.3 is 14.2 Å². The lowest BCUT2D eigenvalue weighted by atomic mass is 10.1. The van der Waals surface area contributed by atoms with E-state index in [1.807, 2.05) is 24.3 Å². The van der Waals surface area contributed by atoms with Gasteiger partial charge in [0, 0.05) is 11.9 Å². The number of alkyl halides is 1. The van der Waals surface area contributed by atoms with Crippen molar-refractivity contribution in [2.45, 2.75) is 20.0 Å². The largest absolute Gasteiger partial charge is 0.497 e. The minimum Gasteiger partial charge on any atom is -0.497 e. The second kappa shape index (κ2) is 9.34. The van der Waals surface area contributed by atoms with Crippen molar-refractivity contribution < 1.29 is 14.2 Å². The summed E-state index contributed by atoms with van der Waals surface area (Å²) in [7, 11) is 1.67. The van der Waals surface area contributed by atoms with Crippen molar-refractivity contribution in [2.24, 2.45) is 5.92 Å². The lowest BCUT2D eigenvalue weighted by Gasteiger charge is -2.16. The quantitative estimate of drug-likeness (QED) is 0.509. The Balaban J connectivity index is 2.35. The average molecular weight is 331 g/mol. The Bertz CT molecular complexity index is 338. The summed E-state index contributed by atoms with van der Waals surface area (Å²) >= 11 is 3.48. The predicted octanol–water partition coefficient (Wildman–Crippen LogP) is 3.82. The molecule has 0 saturated heterocycles. The Hall–Kier alpha value is -0.580. The fourth-order valence-corrected chi connectivity index (χ4v) is 2.18. The maximum Gasteiger partial charge on any atom is 0.118 e. The lowest BCUT2D eigenvalue weighted by molar-refractivity contribution is 0.00759. The molecule has 0 radical (unpaired) electrons. The highest BCUT2D eigenvalue weighted by Crippen LogP contribution is 2.22. The Labute approximate surface area is 124 Å². The van der Waals surface area contributed by atoms with Crippen LogP contribution in [0.25, 0.3) is 0 Å². The third-order valence-corrected chi connectivity index (χ3v) is 3.21. The van der Waals surface area contributed by atoms with Crippen LogP contribution in [0, 0.1) is 5.92 Å². The predicted molar refractivity (Wildman–Crippen MR) is 81.1 cm³/mol. The molecule has 1 unspecified atom stereocenters. The van der Waals surface area contributed by atoms with Gasteiger partial charge in [-0.05, 0) is 23.6 Å². The van der Waals surface area contributed by atoms with Crippen molar-refractivity contribution in [1.82, 2.24) is 0 Å². The molecular formula is C15H23BrO3. The molecule has 1 atom stereocenters. The second-order valence-corrected chi connectivity index (χ2v) is 5.40. The summed E-state index contributed by atoms with van der Waals surface area (Å²) in [5, 5.41) is 0.767. The van der Waals surface area contributed by atoms with E-state index in [-0.39, 0.29) is 6.10 Å². The van der Waals surface area contributed by atoms with Gasteiger partial charge in [0.25, 0.3) is 0 Å². The molecule has 1 aromatic carbocycles. The van der Waals surface area contributed by atoms with Crippen LogP contribution >= 0.6 is 15.9 Å². The third kappa shape index (κ3) is 6.41. The number of benzene rings is 1. The number of halogens is 1. The van der Waals surface area contributed by atoms with Crippen LogP contribution in [0.1, 0.15) is 25.5 Å². The maximum atomic E-state index is 5.82. The highest BCUT2D eigenvalue weighted by atomic mass is 79.9. The van der Waals surface area contributed by atoms with Gasteiger partial charge in [-0.25, -0.2) is 0 Å². The van der Waals surface area contributed by atoms with Gasteiger partial charge in [-0.15, -0.1) is 0 Å². The monoisotopic (exact) mass is 330 g/mol. The average Bonchev–Trinajstić information content (AvgIpc) is 2.43. The Morgan fingerprint density at radius 3 is 2.32 bits per heavy atom. The minimum absolute atomic E-state index is 0.0496. The zero-order valence-corrected chi connectivity index (χ0v) is 13.5. The van der Waals surface area contributed by atoms with E-state index in [0.29, 0.717) is 19.1 Å². The standard InChI is InChI=1S/C15H23BrO3/c1-12(2)11-18-8-9-19-15(10-16)13-4-6-14(17-3)7-5-13/h4-7,12,15H,8-11H2,1-3H3. The van der Waals surface area contributed by atoms with Gasteiger partial charge in [0.15, 0.2) is 0 Å². The van der Waals surface area contributed by atoms with Gasteiger partial charge >= 0.3 is 0 Å². The van der Waals surface area contributed by atoms with Crippen LogP contribution in [0.15, 0.2) is 24.3 Å². The summed E-state index contributed by atoms with van der Waals surface area (Å²) < 4.78 is 16.5. The van der Waals surface area contributed by atoms with E-state index in [4.69, 9.17) is 14.2 Å². The van der Waals surface area contributed by atoms with E-state index in [9.17, 15) is 0 Å². The number of hydrogen-bond acceptors (Lipinski definition) is 3. The molecule has 0 saturated carbocycles. The molecule has 0 heterocycles. The van der Waals surface area contributed by atoms with Gasteiger partial charge in [0.1, 0.15) is 5.75 Å². The molecule has 0 aliphatic heterocycles. The molecule has 0 N–H and O–H groups in total. The minimum atomic E-state index is 0.0496. The summed E-state index contributed by atoms with van der Waals surface area (Å²) in [6.07, 6.45) is 0.0496. The van der Waals surface area contributed by atoms with Crippen LogP contribution < -0.4 is 4.74 Å². The molecule has 19 heavy (non-hydrogen) atoms. The number of ether oxygens (including phenoxy) is 3. The van der Waals surface area contributed by atoms with Crippen molar-refractivity contribution >= 4 is 15.9 Å². The van der Waals surface area contributed by atoms with Crippen LogP contribution in [0.3, 0.4) is 0 Å². The molecule has 1 aromatic rings. The molecule has 108 valence electrons. The van der Waals surface area contributed by atoms with Gasteiger partial charge in [-0.2, -0.15) is 0 Å². The van der Waals surface area contributed by atoms with E-state index < -0.39 is 0 Å². The first kappa shape index (κ1) is 16.5. The summed E-state index contributed by atoms with van der Waals surface area (Å²) in [5.74, 6) is 1.42. The fourth-order valence-electron chi connectivity index (χ4n) is 1.62. The molecule has 0 aliphatic rings. The highest BCUT2D eigenvalue weighted by molar-refractivity contribution is 9.09. The Kier molecular flexibility index (Phi) is 8.10. The van der Waals surface area contributed by atoms with Crippen molar-refractivity contribution in [3.05, 3.63) is 29.8 Å². The molecule has 1 rings (SSSR count). The Morgan fingerprint density at radius 2 is 1.79 bits per heavy atom. The second-order valence-electron chi connectivity index (χ2n) is 4.76. The van der Waals surface area contributed by atoms with Crippen molar-refractivity contribution in [3.63, 3.8) is 0 Å². The molecular weight excluding hydrogens is 308 g/mol. The number of methoxy groups -OCH3 is 1. The van der Waals surface area contributed by atoms with E-state index in [1.165, 1.54) is 0 Å². The topological polar surface area (TPSA) is 27.7 Å². The van der Waals surface area contributed by atoms with E-state index in [1.54, 1.807) is 7.11 Å². The van der Waals surface area contributed by atoms with Crippen LogP contribution in [-0.4, -0.2) is 32.3 Å². The molecule has 4 heteroatoms. The molecule has 3 nitrogen and oxygen atoms in total. The maximum absolute atomic E-state index is 5.82. The molecule has 0 amide bonds. The van der Waals surface area contributed by atoms with E-state index in [0.717, 1.165) is 23.2 Å². The van der Waals surface area contributed by atoms with Gasteiger partial charge in [-0.3, -0.25) is 0 Å².